The van der Waals surface area contributed by atoms with Crippen LogP contribution in [0.1, 0.15) is 103 Å². The molecule has 4 rings (SSSR count). The Morgan fingerprint density at radius 3 is 1.50 bits per heavy atom. The predicted molar refractivity (Wildman–Crippen MR) is 182 cm³/mol. The zero-order valence-electron chi connectivity index (χ0n) is 27.9. The molecule has 0 bridgehead atoms. The molecule has 0 spiro atoms. The molecule has 0 saturated heterocycles. The third kappa shape index (κ3) is 9.00. The Hall–Kier alpha value is -3.17. The summed E-state index contributed by atoms with van der Waals surface area (Å²) in [6.07, 6.45) is 25.7. The average molecular weight is 632 g/mol. The van der Waals surface area contributed by atoms with Crippen LogP contribution < -0.4 is 4.74 Å². The highest BCUT2D eigenvalue weighted by Crippen LogP contribution is 2.38. The minimum Gasteiger partial charge on any atom is -0.497 e. The Morgan fingerprint density at radius 2 is 1.07 bits per heavy atom. The van der Waals surface area contributed by atoms with Crippen LogP contribution in [0.15, 0.2) is 72.9 Å². The van der Waals surface area contributed by atoms with Gasteiger partial charge in [0.2, 0.25) is 0 Å². The highest BCUT2D eigenvalue weighted by Gasteiger charge is 2.46. The van der Waals surface area contributed by atoms with Crippen LogP contribution in [0.25, 0.3) is 11.4 Å². The monoisotopic (exact) mass is 631 g/mol. The fourth-order valence-electron chi connectivity index (χ4n) is 5.87. The van der Waals surface area contributed by atoms with E-state index < -0.39 is 23.4 Å². The summed E-state index contributed by atoms with van der Waals surface area (Å²) in [6.45, 7) is 5.29. The molecule has 8 nitrogen and oxygen atoms in total. The summed E-state index contributed by atoms with van der Waals surface area (Å²) in [4.78, 5) is 14.8. The van der Waals surface area contributed by atoms with Gasteiger partial charge in [0.05, 0.1) is 7.11 Å². The maximum absolute atomic E-state index is 11.5. The lowest BCUT2D eigenvalue weighted by Crippen LogP contribution is -2.46. The van der Waals surface area contributed by atoms with Crippen LogP contribution in [0.5, 0.6) is 5.75 Å². The smallest absolute Gasteiger partial charge is 0.175 e. The Bertz CT molecular complexity index is 1250. The quantitative estimate of drug-likeness (QED) is 0.143. The molecule has 1 heterocycles. The topological polar surface area (TPSA) is 107 Å². The third-order valence-corrected chi connectivity index (χ3v) is 8.74. The molecule has 4 atom stereocenters. The first kappa shape index (κ1) is 35.7. The number of allylic oxidation sites excluding steroid dienone is 4. The molecule has 8 heteroatoms. The zero-order chi connectivity index (χ0) is 32.7. The third-order valence-electron chi connectivity index (χ3n) is 8.74. The van der Waals surface area contributed by atoms with Gasteiger partial charge in [-0.2, -0.15) is 0 Å². The van der Waals surface area contributed by atoms with Crippen molar-refractivity contribution in [2.75, 3.05) is 20.3 Å². The molecule has 1 aromatic heterocycles. The van der Waals surface area contributed by atoms with Crippen LogP contribution >= 0.6 is 0 Å². The normalized spacial score (nSPS) is 23.7. The number of hydrogen-bond donors (Lipinski definition) is 2. The second-order valence-electron chi connectivity index (χ2n) is 12.2. The number of aromatic nitrogens is 3. The Balaban J connectivity index is 1.73. The molecule has 1 aromatic carbocycles. The minimum atomic E-state index is -1.34. The van der Waals surface area contributed by atoms with Gasteiger partial charge >= 0.3 is 0 Å². The predicted octanol–water partition coefficient (Wildman–Crippen LogP) is 7.67. The van der Waals surface area contributed by atoms with Crippen molar-refractivity contribution in [2.45, 2.75) is 114 Å². The molecular weight excluding hydrogens is 578 g/mol. The second kappa shape index (κ2) is 18.2. The van der Waals surface area contributed by atoms with E-state index in [2.05, 4.69) is 13.8 Å². The summed E-state index contributed by atoms with van der Waals surface area (Å²) in [7, 11) is 1.62. The van der Waals surface area contributed by atoms with Crippen molar-refractivity contribution in [2.24, 2.45) is 0 Å². The van der Waals surface area contributed by atoms with E-state index in [1.54, 1.807) is 31.4 Å². The summed E-state index contributed by atoms with van der Waals surface area (Å²) in [6, 6.07) is 7.47. The van der Waals surface area contributed by atoms with Crippen molar-refractivity contribution in [3.63, 3.8) is 0 Å². The largest absolute Gasteiger partial charge is 0.497 e. The number of nitrogens with zero attached hydrogens (tertiary/aromatic N) is 3. The summed E-state index contributed by atoms with van der Waals surface area (Å²) < 4.78 is 18.5. The highest BCUT2D eigenvalue weighted by molar-refractivity contribution is 5.57. The van der Waals surface area contributed by atoms with Crippen molar-refractivity contribution >= 4 is 0 Å². The SMILES string of the molecule is CCCCCCCCOC1(c2nc(-c3ccc(OC)cc3)nc(C3(OCCCCCCCC)C=CC=CC3O)n2)C=CC=CC1O. The Labute approximate surface area is 275 Å². The van der Waals surface area contributed by atoms with E-state index in [0.717, 1.165) is 44.1 Å². The molecule has 0 aliphatic heterocycles. The van der Waals surface area contributed by atoms with Crippen molar-refractivity contribution in [3.05, 3.63) is 84.5 Å². The van der Waals surface area contributed by atoms with Crippen LogP contribution in [0, 0.1) is 0 Å². The molecule has 2 aromatic rings. The highest BCUT2D eigenvalue weighted by atomic mass is 16.5. The van der Waals surface area contributed by atoms with Gasteiger partial charge in [0.1, 0.15) is 18.0 Å². The first-order valence-corrected chi connectivity index (χ1v) is 17.3. The van der Waals surface area contributed by atoms with Crippen LogP contribution in [-0.4, -0.2) is 57.7 Å². The molecule has 4 unspecified atom stereocenters. The number of aliphatic hydroxyl groups excluding tert-OH is 2. The van der Waals surface area contributed by atoms with Gasteiger partial charge in [0, 0.05) is 18.8 Å². The zero-order valence-corrected chi connectivity index (χ0v) is 27.9. The van der Waals surface area contributed by atoms with E-state index in [9.17, 15) is 10.2 Å². The maximum atomic E-state index is 11.5. The summed E-state index contributed by atoms with van der Waals surface area (Å²) in [5.74, 6) is 1.63. The van der Waals surface area contributed by atoms with E-state index >= 15 is 0 Å². The summed E-state index contributed by atoms with van der Waals surface area (Å²) in [5.41, 5.74) is -1.94. The summed E-state index contributed by atoms with van der Waals surface area (Å²) >= 11 is 0. The van der Waals surface area contributed by atoms with Gasteiger partial charge in [-0.05, 0) is 49.3 Å². The van der Waals surface area contributed by atoms with Crippen LogP contribution in [0.2, 0.25) is 0 Å². The fourth-order valence-corrected chi connectivity index (χ4v) is 5.87. The van der Waals surface area contributed by atoms with Gasteiger partial charge in [0.15, 0.2) is 28.7 Å². The number of ether oxygens (including phenoxy) is 3. The van der Waals surface area contributed by atoms with E-state index in [0.29, 0.717) is 24.8 Å². The minimum absolute atomic E-state index is 0.264. The van der Waals surface area contributed by atoms with Crippen molar-refractivity contribution < 1.29 is 24.4 Å². The van der Waals surface area contributed by atoms with Gasteiger partial charge in [0.25, 0.3) is 0 Å². The lowest BCUT2D eigenvalue weighted by Gasteiger charge is -2.37. The molecule has 0 fully saturated rings. The Kier molecular flexibility index (Phi) is 14.1. The molecular formula is C38H53N3O5. The second-order valence-corrected chi connectivity index (χ2v) is 12.2. The molecule has 46 heavy (non-hydrogen) atoms. The van der Waals surface area contributed by atoms with Gasteiger partial charge < -0.3 is 24.4 Å². The number of methoxy groups -OCH3 is 1. The van der Waals surface area contributed by atoms with Crippen LogP contribution in [-0.2, 0) is 20.7 Å². The lowest BCUT2D eigenvalue weighted by molar-refractivity contribution is -0.0948. The Morgan fingerprint density at radius 1 is 0.609 bits per heavy atom. The fraction of sp³-hybridized carbons (Fsp3) is 0.553. The molecule has 2 aliphatic rings. The van der Waals surface area contributed by atoms with Crippen molar-refractivity contribution in [1.29, 1.82) is 0 Å². The van der Waals surface area contributed by atoms with E-state index in [-0.39, 0.29) is 11.6 Å². The molecule has 0 amide bonds. The van der Waals surface area contributed by atoms with Crippen molar-refractivity contribution in [1.82, 2.24) is 15.0 Å². The molecule has 0 radical (unpaired) electrons. The lowest BCUT2D eigenvalue weighted by atomic mass is 9.88. The average Bonchev–Trinajstić information content (AvgIpc) is 3.09. The van der Waals surface area contributed by atoms with Crippen molar-refractivity contribution in [3.8, 4) is 17.1 Å². The summed E-state index contributed by atoms with van der Waals surface area (Å²) in [5, 5.41) is 22.9. The standard InChI is InChI=1S/C38H53N3O5/c1-4-6-8-10-12-18-28-45-37(26-16-14-20-32(37)42)35-39-34(30-22-24-31(44-3)25-23-30)40-36(41-35)38(27-17-15-21-33(38)43)46-29-19-13-11-9-7-5-2/h14-17,20-27,32-33,42-43H,4-13,18-19,28-29H2,1-3H3. The first-order valence-electron chi connectivity index (χ1n) is 17.3. The number of benzene rings is 1. The number of hydrogen-bond acceptors (Lipinski definition) is 8. The molecule has 250 valence electrons. The van der Waals surface area contributed by atoms with Crippen LogP contribution in [0.4, 0.5) is 0 Å². The molecule has 0 saturated carbocycles. The first-order chi connectivity index (χ1) is 22.5. The van der Waals surface area contributed by atoms with E-state index in [4.69, 9.17) is 29.2 Å². The number of aliphatic hydroxyl groups is 2. The molecule has 2 N–H and O–H groups in total. The van der Waals surface area contributed by atoms with Gasteiger partial charge in [-0.25, -0.2) is 15.0 Å². The van der Waals surface area contributed by atoms with E-state index in [1.165, 1.54) is 38.5 Å². The molecule has 2 aliphatic carbocycles. The maximum Gasteiger partial charge on any atom is 0.175 e. The van der Waals surface area contributed by atoms with Gasteiger partial charge in [-0.3, -0.25) is 0 Å². The van der Waals surface area contributed by atoms with E-state index in [1.807, 2.05) is 48.6 Å². The van der Waals surface area contributed by atoms with Gasteiger partial charge in [-0.1, -0.05) is 115 Å². The van der Waals surface area contributed by atoms with Gasteiger partial charge in [-0.15, -0.1) is 0 Å². The van der Waals surface area contributed by atoms with Crippen LogP contribution in [0.3, 0.4) is 0 Å². The number of unbranched alkanes of at least 4 members (excludes halogenated alkanes) is 10. The number of rotatable bonds is 20.